The van der Waals surface area contributed by atoms with E-state index in [0.29, 0.717) is 17.7 Å². The average Bonchev–Trinajstić information content (AvgIpc) is 2.68. The first-order valence-electron chi connectivity index (χ1n) is 8.77. The molecule has 1 atom stereocenters. The topological polar surface area (TPSA) is 72.8 Å². The van der Waals surface area contributed by atoms with E-state index in [-0.39, 0.29) is 17.4 Å². The van der Waals surface area contributed by atoms with E-state index in [4.69, 9.17) is 0 Å². The number of hydrogen-bond acceptors (Lipinski definition) is 4. The van der Waals surface area contributed by atoms with Gasteiger partial charge in [0, 0.05) is 12.2 Å². The Morgan fingerprint density at radius 3 is 2.44 bits per heavy atom. The van der Waals surface area contributed by atoms with E-state index in [0.717, 1.165) is 16.8 Å². The van der Waals surface area contributed by atoms with E-state index in [1.165, 1.54) is 12.1 Å². The maximum absolute atomic E-state index is 13.2. The first-order valence-corrected chi connectivity index (χ1v) is 8.77. The molecule has 3 aromatic rings. The number of rotatable bonds is 3. The molecule has 4 rings (SSSR count). The van der Waals surface area contributed by atoms with Crippen LogP contribution in [0.1, 0.15) is 33.2 Å². The third-order valence-electron chi connectivity index (χ3n) is 4.81. The van der Waals surface area contributed by atoms with Crippen molar-refractivity contribution in [1.82, 2.24) is 4.90 Å². The van der Waals surface area contributed by atoms with Gasteiger partial charge in [0.15, 0.2) is 11.5 Å². The highest BCUT2D eigenvalue weighted by molar-refractivity contribution is 6.01. The molecule has 5 nitrogen and oxygen atoms in total. The van der Waals surface area contributed by atoms with Crippen molar-refractivity contribution in [3.05, 3.63) is 89.0 Å². The number of nitrogens with zero attached hydrogens (tertiary/aromatic N) is 1. The van der Waals surface area contributed by atoms with Crippen molar-refractivity contribution in [1.29, 1.82) is 0 Å². The zero-order chi connectivity index (χ0) is 19.0. The first kappa shape index (κ1) is 17.0. The fraction of sp³-hybridized carbons (Fsp3) is 0.136. The molecular weight excluding hydrogens is 340 g/mol. The predicted molar refractivity (Wildman–Crippen MR) is 104 cm³/mol. The molecule has 5 heteroatoms. The van der Waals surface area contributed by atoms with Crippen LogP contribution < -0.4 is 5.32 Å². The molecule has 1 aliphatic rings. The maximum Gasteiger partial charge on any atom is 0.258 e. The summed E-state index contributed by atoms with van der Waals surface area (Å²) in [4.78, 5) is 14.9. The summed E-state index contributed by atoms with van der Waals surface area (Å²) in [6, 6.07) is 20.1. The molecule has 0 aliphatic carbocycles. The summed E-state index contributed by atoms with van der Waals surface area (Å²) in [5, 5.41) is 22.9. The Bertz CT molecular complexity index is 999. The van der Waals surface area contributed by atoms with Gasteiger partial charge >= 0.3 is 0 Å². The minimum Gasteiger partial charge on any atom is -0.504 e. The molecule has 0 fully saturated rings. The number of aryl methyl sites for hydroxylation is 1. The molecule has 27 heavy (non-hydrogen) atoms. The van der Waals surface area contributed by atoms with Crippen molar-refractivity contribution >= 4 is 11.6 Å². The van der Waals surface area contributed by atoms with Crippen molar-refractivity contribution in [2.24, 2.45) is 0 Å². The van der Waals surface area contributed by atoms with Crippen molar-refractivity contribution in [2.75, 3.05) is 5.32 Å². The van der Waals surface area contributed by atoms with E-state index < -0.39 is 6.17 Å². The fourth-order valence-corrected chi connectivity index (χ4v) is 3.32. The monoisotopic (exact) mass is 360 g/mol. The van der Waals surface area contributed by atoms with Crippen LogP contribution in [0.3, 0.4) is 0 Å². The Morgan fingerprint density at radius 2 is 1.70 bits per heavy atom. The largest absolute Gasteiger partial charge is 0.504 e. The second kappa shape index (κ2) is 6.68. The van der Waals surface area contributed by atoms with Crippen LogP contribution in [-0.4, -0.2) is 21.0 Å². The van der Waals surface area contributed by atoms with E-state index >= 15 is 0 Å². The molecule has 0 unspecified atom stereocenters. The van der Waals surface area contributed by atoms with Crippen LogP contribution >= 0.6 is 0 Å². The SMILES string of the molecule is Cc1ccc(CN2C(=O)c3ccccc3N[C@H]2c2ccc(O)c(O)c2)cc1. The number of anilines is 1. The van der Waals surface area contributed by atoms with Crippen LogP contribution in [0.5, 0.6) is 11.5 Å². The van der Waals surface area contributed by atoms with Crippen molar-refractivity contribution in [3.8, 4) is 11.5 Å². The van der Waals surface area contributed by atoms with E-state index in [9.17, 15) is 15.0 Å². The Balaban J connectivity index is 1.76. The van der Waals surface area contributed by atoms with E-state index in [1.807, 2.05) is 49.4 Å². The van der Waals surface area contributed by atoms with Crippen molar-refractivity contribution in [3.63, 3.8) is 0 Å². The van der Waals surface area contributed by atoms with Gasteiger partial charge < -0.3 is 20.4 Å². The Kier molecular flexibility index (Phi) is 4.20. The minimum absolute atomic E-state index is 0.0810. The van der Waals surface area contributed by atoms with Gasteiger partial charge in [0.25, 0.3) is 5.91 Å². The third-order valence-corrected chi connectivity index (χ3v) is 4.81. The molecule has 3 N–H and O–H groups in total. The number of amides is 1. The normalized spacial score (nSPS) is 16.0. The zero-order valence-electron chi connectivity index (χ0n) is 14.9. The molecule has 136 valence electrons. The van der Waals surface area contributed by atoms with Gasteiger partial charge in [-0.1, -0.05) is 48.0 Å². The number of para-hydroxylation sites is 1. The lowest BCUT2D eigenvalue weighted by Crippen LogP contribution is -2.42. The highest BCUT2D eigenvalue weighted by atomic mass is 16.3. The van der Waals surface area contributed by atoms with Gasteiger partial charge in [0.05, 0.1) is 5.56 Å². The summed E-state index contributed by atoms with van der Waals surface area (Å²) in [7, 11) is 0. The summed E-state index contributed by atoms with van der Waals surface area (Å²) >= 11 is 0. The van der Waals surface area contributed by atoms with E-state index in [1.54, 1.807) is 17.0 Å². The number of hydrogen-bond donors (Lipinski definition) is 3. The molecule has 0 bridgehead atoms. The molecule has 0 aromatic heterocycles. The number of phenolic OH excluding ortho intramolecular Hbond substituents is 2. The number of fused-ring (bicyclic) bond motifs is 1. The average molecular weight is 360 g/mol. The minimum atomic E-state index is -0.458. The Hall–Kier alpha value is -3.47. The van der Waals surface area contributed by atoms with Crippen LogP contribution in [0.2, 0.25) is 0 Å². The number of nitrogens with one attached hydrogen (secondary N) is 1. The predicted octanol–water partition coefficient (Wildman–Crippen LogP) is 4.17. The first-order chi connectivity index (χ1) is 13.0. The zero-order valence-corrected chi connectivity index (χ0v) is 14.9. The molecule has 0 radical (unpaired) electrons. The van der Waals surface area contributed by atoms with Crippen LogP contribution in [0, 0.1) is 6.92 Å². The molecule has 1 amide bonds. The standard InChI is InChI=1S/C22H20N2O3/c1-14-6-8-15(9-7-14)13-24-21(16-10-11-19(25)20(26)12-16)23-18-5-3-2-4-17(18)22(24)27/h2-12,21,23,25-26H,13H2,1H3/t21-/m1/s1. The van der Waals surface area contributed by atoms with Gasteiger partial charge in [-0.15, -0.1) is 0 Å². The molecule has 0 spiro atoms. The van der Waals surface area contributed by atoms with Crippen LogP contribution in [0.4, 0.5) is 5.69 Å². The van der Waals surface area contributed by atoms with Gasteiger partial charge in [0.1, 0.15) is 6.17 Å². The van der Waals surface area contributed by atoms with Gasteiger partial charge in [-0.05, 0) is 42.3 Å². The highest BCUT2D eigenvalue weighted by Crippen LogP contribution is 2.36. The van der Waals surface area contributed by atoms with Gasteiger partial charge in [-0.3, -0.25) is 4.79 Å². The van der Waals surface area contributed by atoms with Gasteiger partial charge in [-0.2, -0.15) is 0 Å². The third kappa shape index (κ3) is 3.19. The number of phenols is 2. The Morgan fingerprint density at radius 1 is 0.963 bits per heavy atom. The number of benzene rings is 3. The second-order valence-electron chi connectivity index (χ2n) is 6.76. The summed E-state index contributed by atoms with van der Waals surface area (Å²) in [5.41, 5.74) is 4.24. The molecule has 1 aliphatic heterocycles. The lowest BCUT2D eigenvalue weighted by molar-refractivity contribution is 0.0666. The number of carbonyl (C=O) groups excluding carboxylic acids is 1. The summed E-state index contributed by atoms with van der Waals surface area (Å²) < 4.78 is 0. The van der Waals surface area contributed by atoms with Crippen LogP contribution in [-0.2, 0) is 6.54 Å². The lowest BCUT2D eigenvalue weighted by Gasteiger charge is -2.38. The van der Waals surface area contributed by atoms with Crippen molar-refractivity contribution in [2.45, 2.75) is 19.6 Å². The van der Waals surface area contributed by atoms with E-state index in [2.05, 4.69) is 5.32 Å². The molecule has 0 saturated carbocycles. The number of aromatic hydroxyl groups is 2. The van der Waals surface area contributed by atoms with Crippen molar-refractivity contribution < 1.29 is 15.0 Å². The lowest BCUT2D eigenvalue weighted by atomic mass is 10.0. The summed E-state index contributed by atoms with van der Waals surface area (Å²) in [5.74, 6) is -0.482. The second-order valence-corrected chi connectivity index (χ2v) is 6.76. The molecule has 3 aromatic carbocycles. The van der Waals surface area contributed by atoms with Crippen LogP contribution in [0.25, 0.3) is 0 Å². The summed E-state index contributed by atoms with van der Waals surface area (Å²) in [6.07, 6.45) is -0.458. The molecule has 1 heterocycles. The fourth-order valence-electron chi connectivity index (χ4n) is 3.32. The maximum atomic E-state index is 13.2. The quantitative estimate of drug-likeness (QED) is 0.613. The summed E-state index contributed by atoms with van der Waals surface area (Å²) in [6.45, 7) is 2.45. The van der Waals surface area contributed by atoms with Gasteiger partial charge in [-0.25, -0.2) is 0 Å². The smallest absolute Gasteiger partial charge is 0.258 e. The molecule has 0 saturated heterocycles. The van der Waals surface area contributed by atoms with Gasteiger partial charge in [0.2, 0.25) is 0 Å². The Labute approximate surface area is 157 Å². The van der Waals surface area contributed by atoms with Crippen LogP contribution in [0.15, 0.2) is 66.7 Å². The highest BCUT2D eigenvalue weighted by Gasteiger charge is 2.33. The molecular formula is C22H20N2O3. The number of carbonyl (C=O) groups is 1.